The summed E-state index contributed by atoms with van der Waals surface area (Å²) in [6.07, 6.45) is 0. The first-order valence-corrected chi connectivity index (χ1v) is 7.31. The first-order chi connectivity index (χ1) is 12.0. The van der Waals surface area contributed by atoms with Gasteiger partial charge < -0.3 is 14.8 Å². The molecule has 0 radical (unpaired) electrons. The number of nitro groups is 1. The van der Waals surface area contributed by atoms with Crippen molar-refractivity contribution in [2.45, 2.75) is 0 Å². The second-order valence-corrected chi connectivity index (χ2v) is 4.86. The Morgan fingerprint density at radius 2 is 1.96 bits per heavy atom. The zero-order chi connectivity index (χ0) is 18.2. The fraction of sp³-hybridized carbons (Fsp3) is 0.176. The van der Waals surface area contributed by atoms with Gasteiger partial charge in [0.2, 0.25) is 0 Å². The van der Waals surface area contributed by atoms with Gasteiger partial charge in [0.25, 0.3) is 5.69 Å². The summed E-state index contributed by atoms with van der Waals surface area (Å²) >= 11 is 0. The molecular formula is C17H15N3O5. The maximum absolute atomic E-state index is 12.1. The number of rotatable bonds is 7. The molecule has 1 N–H and O–H groups in total. The molecule has 0 aliphatic heterocycles. The Hall–Kier alpha value is -3.60. The number of esters is 1. The van der Waals surface area contributed by atoms with E-state index in [-0.39, 0.29) is 24.5 Å². The van der Waals surface area contributed by atoms with E-state index in [1.54, 1.807) is 31.3 Å². The van der Waals surface area contributed by atoms with Gasteiger partial charge in [0.1, 0.15) is 19.0 Å². The van der Waals surface area contributed by atoms with Gasteiger partial charge in [-0.05, 0) is 30.3 Å². The lowest BCUT2D eigenvalue weighted by molar-refractivity contribution is -0.384. The largest absolute Gasteiger partial charge is 0.490 e. The van der Waals surface area contributed by atoms with Gasteiger partial charge in [-0.2, -0.15) is 5.26 Å². The fourth-order valence-corrected chi connectivity index (χ4v) is 2.03. The number of carbonyl (C=O) groups is 1. The van der Waals surface area contributed by atoms with Crippen LogP contribution in [0.15, 0.2) is 42.5 Å². The summed E-state index contributed by atoms with van der Waals surface area (Å²) in [6, 6.07) is 12.4. The van der Waals surface area contributed by atoms with Crippen molar-refractivity contribution in [1.29, 1.82) is 5.26 Å². The number of benzene rings is 2. The van der Waals surface area contributed by atoms with Crippen molar-refractivity contribution in [3.8, 4) is 11.8 Å². The Morgan fingerprint density at radius 3 is 2.56 bits per heavy atom. The van der Waals surface area contributed by atoms with Crippen LogP contribution >= 0.6 is 0 Å². The first kappa shape index (κ1) is 17.7. The van der Waals surface area contributed by atoms with Crippen LogP contribution in [0.2, 0.25) is 0 Å². The number of anilines is 1. The van der Waals surface area contributed by atoms with Gasteiger partial charge in [-0.3, -0.25) is 10.1 Å². The van der Waals surface area contributed by atoms with Crippen LogP contribution in [-0.4, -0.2) is 31.2 Å². The van der Waals surface area contributed by atoms with Crippen LogP contribution in [-0.2, 0) is 4.74 Å². The molecule has 0 bridgehead atoms. The Balaban J connectivity index is 1.92. The van der Waals surface area contributed by atoms with Crippen LogP contribution in [0.1, 0.15) is 15.9 Å². The number of nitro benzene ring substituents is 1. The molecule has 0 aromatic heterocycles. The van der Waals surface area contributed by atoms with Crippen molar-refractivity contribution in [2.75, 3.05) is 25.6 Å². The van der Waals surface area contributed by atoms with E-state index in [9.17, 15) is 14.9 Å². The predicted octanol–water partition coefficient (Wildman–Crippen LogP) is 2.74. The van der Waals surface area contributed by atoms with Gasteiger partial charge in [0.15, 0.2) is 0 Å². The van der Waals surface area contributed by atoms with E-state index in [0.717, 1.165) is 6.07 Å². The highest BCUT2D eigenvalue weighted by atomic mass is 16.6. The van der Waals surface area contributed by atoms with Gasteiger partial charge in [0.05, 0.1) is 22.1 Å². The molecule has 0 aliphatic rings. The SMILES string of the molecule is CNc1ccc([N+](=O)[O-])cc1C(=O)OCCOc1ccc(C#N)cc1. The zero-order valence-electron chi connectivity index (χ0n) is 13.4. The lowest BCUT2D eigenvalue weighted by atomic mass is 10.1. The van der Waals surface area contributed by atoms with Crippen molar-refractivity contribution in [3.05, 3.63) is 63.7 Å². The summed E-state index contributed by atoms with van der Waals surface area (Å²) in [5.74, 6) is -0.141. The van der Waals surface area contributed by atoms with Crippen molar-refractivity contribution >= 4 is 17.3 Å². The standard InChI is InChI=1S/C17H15N3O5/c1-19-16-7-4-13(20(22)23)10-15(16)17(21)25-9-8-24-14-5-2-12(11-18)3-6-14/h2-7,10,19H,8-9H2,1H3. The van der Waals surface area contributed by atoms with E-state index in [1.165, 1.54) is 12.1 Å². The minimum atomic E-state index is -0.684. The van der Waals surface area contributed by atoms with Crippen molar-refractivity contribution in [1.82, 2.24) is 0 Å². The van der Waals surface area contributed by atoms with Crippen LogP contribution < -0.4 is 10.1 Å². The molecule has 0 aliphatic carbocycles. The molecule has 25 heavy (non-hydrogen) atoms. The van der Waals surface area contributed by atoms with Gasteiger partial charge in [-0.25, -0.2) is 4.79 Å². The predicted molar refractivity (Wildman–Crippen MR) is 89.6 cm³/mol. The third-order valence-electron chi connectivity index (χ3n) is 3.27. The monoisotopic (exact) mass is 341 g/mol. The molecule has 8 nitrogen and oxygen atoms in total. The molecule has 0 saturated carbocycles. The van der Waals surface area contributed by atoms with Crippen LogP contribution in [0.3, 0.4) is 0 Å². The number of non-ortho nitro benzene ring substituents is 1. The van der Waals surface area contributed by atoms with Crippen molar-refractivity contribution in [2.24, 2.45) is 0 Å². The molecule has 2 rings (SSSR count). The van der Waals surface area contributed by atoms with Gasteiger partial charge in [-0.1, -0.05) is 0 Å². The highest BCUT2D eigenvalue weighted by Crippen LogP contribution is 2.22. The average Bonchev–Trinajstić information content (AvgIpc) is 2.64. The molecule has 0 heterocycles. The smallest absolute Gasteiger partial charge is 0.340 e. The molecular weight excluding hydrogens is 326 g/mol. The Labute approximate surface area is 143 Å². The van der Waals surface area contributed by atoms with E-state index < -0.39 is 10.9 Å². The van der Waals surface area contributed by atoms with Gasteiger partial charge in [0, 0.05) is 24.9 Å². The molecule has 0 unspecified atom stereocenters. The zero-order valence-corrected chi connectivity index (χ0v) is 13.4. The molecule has 0 amide bonds. The number of hydrogen-bond acceptors (Lipinski definition) is 7. The topological polar surface area (TPSA) is 114 Å². The van der Waals surface area contributed by atoms with E-state index >= 15 is 0 Å². The summed E-state index contributed by atoms with van der Waals surface area (Å²) in [5, 5.41) is 22.3. The highest BCUT2D eigenvalue weighted by molar-refractivity contribution is 5.96. The molecule has 0 saturated heterocycles. The molecule has 2 aromatic carbocycles. The highest BCUT2D eigenvalue weighted by Gasteiger charge is 2.17. The minimum absolute atomic E-state index is 0.0231. The second kappa shape index (κ2) is 8.31. The fourth-order valence-electron chi connectivity index (χ4n) is 2.03. The molecule has 8 heteroatoms. The number of nitriles is 1. The molecule has 0 spiro atoms. The van der Waals surface area contributed by atoms with Crippen LogP contribution in [0.25, 0.3) is 0 Å². The van der Waals surface area contributed by atoms with Gasteiger partial charge in [-0.15, -0.1) is 0 Å². The summed E-state index contributed by atoms with van der Waals surface area (Å²) in [5.41, 5.74) is 0.836. The Bertz CT molecular complexity index is 812. The van der Waals surface area contributed by atoms with Crippen LogP contribution in [0, 0.1) is 21.4 Å². The number of ether oxygens (including phenoxy) is 2. The van der Waals surface area contributed by atoms with E-state index in [4.69, 9.17) is 14.7 Å². The lowest BCUT2D eigenvalue weighted by Crippen LogP contribution is -2.14. The molecule has 128 valence electrons. The summed E-state index contributed by atoms with van der Waals surface area (Å²) in [4.78, 5) is 22.4. The van der Waals surface area contributed by atoms with Crippen molar-refractivity contribution in [3.63, 3.8) is 0 Å². The molecule has 0 atom stereocenters. The third-order valence-corrected chi connectivity index (χ3v) is 3.27. The first-order valence-electron chi connectivity index (χ1n) is 7.31. The Kier molecular flexibility index (Phi) is 5.90. The van der Waals surface area contributed by atoms with Crippen LogP contribution in [0.5, 0.6) is 5.75 Å². The van der Waals surface area contributed by atoms with Gasteiger partial charge >= 0.3 is 5.97 Å². The maximum atomic E-state index is 12.1. The number of hydrogen-bond donors (Lipinski definition) is 1. The molecule has 0 fully saturated rings. The van der Waals surface area contributed by atoms with Crippen molar-refractivity contribution < 1.29 is 19.2 Å². The van der Waals surface area contributed by atoms with E-state index in [0.29, 0.717) is 17.0 Å². The summed E-state index contributed by atoms with van der Waals surface area (Å²) in [6.45, 7) is 0.0894. The normalized spacial score (nSPS) is 9.76. The lowest BCUT2D eigenvalue weighted by Gasteiger charge is -2.10. The minimum Gasteiger partial charge on any atom is -0.490 e. The third kappa shape index (κ3) is 4.68. The summed E-state index contributed by atoms with van der Waals surface area (Å²) in [7, 11) is 1.60. The number of nitrogens with one attached hydrogen (secondary N) is 1. The average molecular weight is 341 g/mol. The second-order valence-electron chi connectivity index (χ2n) is 4.86. The molecule has 2 aromatic rings. The number of nitrogens with zero attached hydrogens (tertiary/aromatic N) is 2. The van der Waals surface area contributed by atoms with E-state index in [2.05, 4.69) is 5.32 Å². The van der Waals surface area contributed by atoms with E-state index in [1.807, 2.05) is 6.07 Å². The summed E-state index contributed by atoms with van der Waals surface area (Å²) < 4.78 is 10.5. The maximum Gasteiger partial charge on any atom is 0.340 e. The quantitative estimate of drug-likeness (QED) is 0.356. The Morgan fingerprint density at radius 1 is 1.24 bits per heavy atom. The number of carbonyl (C=O) groups excluding carboxylic acids is 1. The van der Waals surface area contributed by atoms with Crippen LogP contribution in [0.4, 0.5) is 11.4 Å².